The Bertz CT molecular complexity index is 828. The third kappa shape index (κ3) is 3.06. The van der Waals surface area contributed by atoms with Crippen LogP contribution in [0.1, 0.15) is 25.7 Å². The molecule has 3 rings (SSSR count). The van der Waals surface area contributed by atoms with Crippen molar-refractivity contribution in [3.63, 3.8) is 0 Å². The number of nitrogens with one attached hydrogen (secondary N) is 1. The van der Waals surface area contributed by atoms with Gasteiger partial charge in [-0.05, 0) is 43.7 Å². The summed E-state index contributed by atoms with van der Waals surface area (Å²) in [4.78, 5) is 39.0. The molecule has 1 aromatic heterocycles. The lowest BCUT2D eigenvalue weighted by molar-refractivity contribution is -0.146. The summed E-state index contributed by atoms with van der Waals surface area (Å²) >= 11 is 0. The van der Waals surface area contributed by atoms with Gasteiger partial charge in [0, 0.05) is 6.54 Å². The maximum absolute atomic E-state index is 12.5. The van der Waals surface area contributed by atoms with Crippen molar-refractivity contribution in [1.82, 2.24) is 9.55 Å². The number of esters is 1. The Kier molecular flexibility index (Phi) is 4.32. The monoisotopic (exact) mass is 316 g/mol. The SMILES string of the molecule is COC(=O)C1CCC(Cn2c(=O)[nH]c3ccccc3c2=O)CC1. The van der Waals surface area contributed by atoms with Crippen molar-refractivity contribution in [3.8, 4) is 0 Å². The predicted molar refractivity (Wildman–Crippen MR) is 86.3 cm³/mol. The van der Waals surface area contributed by atoms with Crippen molar-refractivity contribution >= 4 is 16.9 Å². The van der Waals surface area contributed by atoms with Crippen molar-refractivity contribution in [1.29, 1.82) is 0 Å². The van der Waals surface area contributed by atoms with Crippen LogP contribution in [0.5, 0.6) is 0 Å². The van der Waals surface area contributed by atoms with E-state index in [0.717, 1.165) is 25.7 Å². The number of para-hydroxylation sites is 1. The fourth-order valence-corrected chi connectivity index (χ4v) is 3.37. The quantitative estimate of drug-likeness (QED) is 0.873. The fraction of sp³-hybridized carbons (Fsp3) is 0.471. The average Bonchev–Trinajstić information content (AvgIpc) is 2.58. The van der Waals surface area contributed by atoms with Crippen LogP contribution in [0.4, 0.5) is 0 Å². The summed E-state index contributed by atoms with van der Waals surface area (Å²) in [5.74, 6) is 0.0166. The topological polar surface area (TPSA) is 81.2 Å². The third-order valence-corrected chi connectivity index (χ3v) is 4.71. The largest absolute Gasteiger partial charge is 0.469 e. The van der Waals surface area contributed by atoms with Gasteiger partial charge in [-0.1, -0.05) is 12.1 Å². The van der Waals surface area contributed by atoms with Crippen LogP contribution in [-0.2, 0) is 16.1 Å². The molecule has 1 aromatic carbocycles. The zero-order valence-corrected chi connectivity index (χ0v) is 13.1. The van der Waals surface area contributed by atoms with Crippen LogP contribution in [-0.4, -0.2) is 22.6 Å². The summed E-state index contributed by atoms with van der Waals surface area (Å²) in [5, 5.41) is 0.523. The Hall–Kier alpha value is -2.37. The molecule has 2 aromatic rings. The number of H-pyrrole nitrogens is 1. The molecule has 0 radical (unpaired) electrons. The maximum Gasteiger partial charge on any atom is 0.328 e. The molecule has 0 saturated heterocycles. The van der Waals surface area contributed by atoms with Gasteiger partial charge in [-0.25, -0.2) is 4.79 Å². The molecule has 0 atom stereocenters. The van der Waals surface area contributed by atoms with Gasteiger partial charge in [0.2, 0.25) is 0 Å². The first kappa shape index (κ1) is 15.5. The van der Waals surface area contributed by atoms with Crippen molar-refractivity contribution in [2.45, 2.75) is 32.2 Å². The second-order valence-corrected chi connectivity index (χ2v) is 6.13. The Morgan fingerprint density at radius 1 is 1.22 bits per heavy atom. The molecule has 1 aliphatic rings. The molecule has 1 aliphatic carbocycles. The van der Waals surface area contributed by atoms with Gasteiger partial charge in [-0.2, -0.15) is 0 Å². The Morgan fingerprint density at radius 3 is 2.61 bits per heavy atom. The van der Waals surface area contributed by atoms with E-state index in [1.54, 1.807) is 24.3 Å². The zero-order chi connectivity index (χ0) is 16.4. The zero-order valence-electron chi connectivity index (χ0n) is 13.1. The van der Waals surface area contributed by atoms with Gasteiger partial charge in [0.1, 0.15) is 0 Å². The highest BCUT2D eigenvalue weighted by Crippen LogP contribution is 2.30. The second kappa shape index (κ2) is 6.40. The Labute approximate surface area is 133 Å². The summed E-state index contributed by atoms with van der Waals surface area (Å²) in [6.45, 7) is 0.396. The Balaban J connectivity index is 1.79. The minimum Gasteiger partial charge on any atom is -0.469 e. The number of hydrogen-bond acceptors (Lipinski definition) is 4. The fourth-order valence-electron chi connectivity index (χ4n) is 3.37. The number of aromatic amines is 1. The first-order chi connectivity index (χ1) is 11.1. The lowest BCUT2D eigenvalue weighted by Crippen LogP contribution is -2.38. The van der Waals surface area contributed by atoms with Crippen LogP contribution in [0, 0.1) is 11.8 Å². The molecule has 122 valence electrons. The summed E-state index contributed by atoms with van der Waals surface area (Å²) in [6, 6.07) is 7.02. The van der Waals surface area contributed by atoms with E-state index in [4.69, 9.17) is 4.74 Å². The van der Waals surface area contributed by atoms with Crippen molar-refractivity contribution in [3.05, 3.63) is 45.1 Å². The van der Waals surface area contributed by atoms with Crippen LogP contribution < -0.4 is 11.2 Å². The molecular formula is C17H20N2O4. The van der Waals surface area contributed by atoms with Gasteiger partial charge < -0.3 is 9.72 Å². The standard InChI is InChI=1S/C17H20N2O4/c1-23-16(21)12-8-6-11(7-9-12)10-19-15(20)13-4-2-3-5-14(13)18-17(19)22/h2-5,11-12H,6-10H2,1H3,(H,18,22). The van der Waals surface area contributed by atoms with Gasteiger partial charge >= 0.3 is 11.7 Å². The molecule has 0 amide bonds. The lowest BCUT2D eigenvalue weighted by atomic mass is 9.82. The maximum atomic E-state index is 12.5. The minimum atomic E-state index is -0.371. The molecule has 1 heterocycles. The lowest BCUT2D eigenvalue weighted by Gasteiger charge is -2.27. The number of aromatic nitrogens is 2. The molecule has 0 spiro atoms. The first-order valence-corrected chi connectivity index (χ1v) is 7.90. The molecule has 6 nitrogen and oxygen atoms in total. The van der Waals surface area contributed by atoms with E-state index >= 15 is 0 Å². The minimum absolute atomic E-state index is 0.0529. The number of methoxy groups -OCH3 is 1. The van der Waals surface area contributed by atoms with Crippen molar-refractivity contribution in [2.75, 3.05) is 7.11 Å². The highest BCUT2D eigenvalue weighted by molar-refractivity contribution is 5.76. The molecule has 0 unspecified atom stereocenters. The highest BCUT2D eigenvalue weighted by atomic mass is 16.5. The summed E-state index contributed by atoms with van der Waals surface area (Å²) in [7, 11) is 1.41. The number of benzene rings is 1. The predicted octanol–water partition coefficient (Wildman–Crippen LogP) is 1.67. The molecule has 23 heavy (non-hydrogen) atoms. The molecule has 0 bridgehead atoms. The summed E-state index contributed by atoms with van der Waals surface area (Å²) < 4.78 is 6.06. The number of carbonyl (C=O) groups is 1. The number of carbonyl (C=O) groups excluding carboxylic acids is 1. The Morgan fingerprint density at radius 2 is 1.91 bits per heavy atom. The van der Waals surface area contributed by atoms with Crippen molar-refractivity contribution in [2.24, 2.45) is 11.8 Å². The third-order valence-electron chi connectivity index (χ3n) is 4.71. The molecule has 0 aliphatic heterocycles. The van der Waals surface area contributed by atoms with Crippen LogP contribution in [0.15, 0.2) is 33.9 Å². The summed E-state index contributed by atoms with van der Waals surface area (Å²) in [6.07, 6.45) is 3.13. The van der Waals surface area contributed by atoms with Gasteiger partial charge in [0.25, 0.3) is 5.56 Å². The molecule has 1 saturated carbocycles. The van der Waals surface area contributed by atoms with Gasteiger partial charge in [-0.15, -0.1) is 0 Å². The van der Waals surface area contributed by atoms with E-state index in [2.05, 4.69) is 4.98 Å². The summed E-state index contributed by atoms with van der Waals surface area (Å²) in [5.41, 5.74) is -0.0589. The molecule has 6 heteroatoms. The van der Waals surface area contributed by atoms with Crippen LogP contribution in [0.3, 0.4) is 0 Å². The number of rotatable bonds is 3. The molecular weight excluding hydrogens is 296 g/mol. The number of fused-ring (bicyclic) bond motifs is 1. The van der Waals surface area contributed by atoms with Gasteiger partial charge in [-0.3, -0.25) is 14.2 Å². The number of ether oxygens (including phenoxy) is 1. The van der Waals surface area contributed by atoms with Crippen molar-refractivity contribution < 1.29 is 9.53 Å². The number of nitrogens with zero attached hydrogens (tertiary/aromatic N) is 1. The van der Waals surface area contributed by atoms with E-state index in [0.29, 0.717) is 17.4 Å². The van der Waals surface area contributed by atoms with E-state index < -0.39 is 0 Å². The van der Waals surface area contributed by atoms with Crippen LogP contribution in [0.25, 0.3) is 10.9 Å². The molecule has 1 N–H and O–H groups in total. The van der Waals surface area contributed by atoms with E-state index in [-0.39, 0.29) is 29.1 Å². The van der Waals surface area contributed by atoms with Crippen LogP contribution in [0.2, 0.25) is 0 Å². The van der Waals surface area contributed by atoms with E-state index in [1.807, 2.05) is 0 Å². The average molecular weight is 316 g/mol. The van der Waals surface area contributed by atoms with E-state index in [1.165, 1.54) is 11.7 Å². The normalized spacial score (nSPS) is 21.3. The van der Waals surface area contributed by atoms with E-state index in [9.17, 15) is 14.4 Å². The highest BCUT2D eigenvalue weighted by Gasteiger charge is 2.27. The van der Waals surface area contributed by atoms with Crippen LogP contribution >= 0.6 is 0 Å². The van der Waals surface area contributed by atoms with Gasteiger partial charge in [0.05, 0.1) is 23.9 Å². The molecule has 1 fully saturated rings. The smallest absolute Gasteiger partial charge is 0.328 e. The number of hydrogen-bond donors (Lipinski definition) is 1. The van der Waals surface area contributed by atoms with Gasteiger partial charge in [0.15, 0.2) is 0 Å². The first-order valence-electron chi connectivity index (χ1n) is 7.90. The second-order valence-electron chi connectivity index (χ2n) is 6.13.